The molecule has 0 radical (unpaired) electrons. The van der Waals surface area contributed by atoms with Gasteiger partial charge in [-0.1, -0.05) is 0 Å². The van der Waals surface area contributed by atoms with E-state index in [2.05, 4.69) is 33.9 Å². The molecule has 5 nitrogen and oxygen atoms in total. The van der Waals surface area contributed by atoms with Gasteiger partial charge in [0.15, 0.2) is 0 Å². The number of hydrogen-bond donors (Lipinski definition) is 1. The maximum atomic E-state index is 5.70. The average molecular weight is 221 g/mol. The lowest BCUT2D eigenvalue weighted by Gasteiger charge is -2.25. The molecule has 1 aromatic heterocycles. The summed E-state index contributed by atoms with van der Waals surface area (Å²) < 4.78 is 0. The number of likely N-dealkylation sites (N-methyl/N-ethyl adjacent to an activating group) is 2. The largest absolute Gasteiger partial charge is 0.384 e. The molecule has 2 heterocycles. The van der Waals surface area contributed by atoms with E-state index in [1.807, 2.05) is 0 Å². The van der Waals surface area contributed by atoms with E-state index in [4.69, 9.17) is 5.73 Å². The van der Waals surface area contributed by atoms with Crippen LogP contribution >= 0.6 is 0 Å². The lowest BCUT2D eigenvalue weighted by Crippen LogP contribution is -2.32. The summed E-state index contributed by atoms with van der Waals surface area (Å²) in [6.07, 6.45) is 2.92. The third-order valence-corrected chi connectivity index (χ3v) is 3.06. The second kappa shape index (κ2) is 4.76. The van der Waals surface area contributed by atoms with Crippen LogP contribution in [0.1, 0.15) is 18.3 Å². The predicted molar refractivity (Wildman–Crippen MR) is 63.9 cm³/mol. The lowest BCUT2D eigenvalue weighted by atomic mass is 10.2. The summed E-state index contributed by atoms with van der Waals surface area (Å²) in [6.45, 7) is 3.16. The molecule has 1 aliphatic heterocycles. The molecular weight excluding hydrogens is 202 g/mol. The van der Waals surface area contributed by atoms with Gasteiger partial charge in [0.1, 0.15) is 11.6 Å². The highest BCUT2D eigenvalue weighted by Gasteiger charge is 2.24. The first-order chi connectivity index (χ1) is 7.66. The van der Waals surface area contributed by atoms with Gasteiger partial charge in [0.2, 0.25) is 0 Å². The number of nitrogens with zero attached hydrogens (tertiary/aromatic N) is 4. The van der Waals surface area contributed by atoms with E-state index in [0.29, 0.717) is 5.82 Å². The first-order valence-electron chi connectivity index (χ1n) is 5.64. The molecule has 88 valence electrons. The zero-order valence-electron chi connectivity index (χ0n) is 9.93. The van der Waals surface area contributed by atoms with Gasteiger partial charge in [-0.25, -0.2) is 9.97 Å². The van der Waals surface area contributed by atoms with E-state index in [1.54, 1.807) is 12.3 Å². The van der Waals surface area contributed by atoms with Crippen LogP contribution in [0.2, 0.25) is 0 Å². The van der Waals surface area contributed by atoms with Crippen molar-refractivity contribution in [1.29, 1.82) is 0 Å². The van der Waals surface area contributed by atoms with Gasteiger partial charge < -0.3 is 10.6 Å². The Morgan fingerprint density at radius 2 is 2.19 bits per heavy atom. The third-order valence-electron chi connectivity index (χ3n) is 3.06. The summed E-state index contributed by atoms with van der Waals surface area (Å²) in [4.78, 5) is 13.3. The van der Waals surface area contributed by atoms with Gasteiger partial charge in [-0.3, -0.25) is 4.90 Å². The van der Waals surface area contributed by atoms with Gasteiger partial charge in [-0.2, -0.15) is 0 Å². The second-order valence-corrected chi connectivity index (χ2v) is 4.45. The number of aromatic nitrogens is 2. The van der Waals surface area contributed by atoms with E-state index >= 15 is 0 Å². The molecule has 0 spiro atoms. The van der Waals surface area contributed by atoms with Gasteiger partial charge >= 0.3 is 0 Å². The second-order valence-electron chi connectivity index (χ2n) is 4.45. The van der Waals surface area contributed by atoms with E-state index in [-0.39, 0.29) is 6.04 Å². The number of nitrogens with two attached hydrogens (primary N) is 1. The standard InChI is InChI=1S/C11H19N5/c1-15-6-3-7-16(2)9(8-15)11-13-5-4-10(12)14-11/h4-5,9H,3,6-8H2,1-2H3,(H2,12,13,14). The molecule has 1 atom stereocenters. The van der Waals surface area contributed by atoms with E-state index < -0.39 is 0 Å². The fourth-order valence-electron chi connectivity index (χ4n) is 2.10. The Morgan fingerprint density at radius 3 is 2.94 bits per heavy atom. The molecule has 2 N–H and O–H groups in total. The molecule has 5 heteroatoms. The normalized spacial score (nSPS) is 24.2. The van der Waals surface area contributed by atoms with Crippen LogP contribution in [-0.4, -0.2) is 53.5 Å². The molecule has 0 amide bonds. The highest BCUT2D eigenvalue weighted by atomic mass is 15.2. The SMILES string of the molecule is CN1CCCN(C)C(c2nccc(N)n2)C1. The highest BCUT2D eigenvalue weighted by Crippen LogP contribution is 2.20. The minimum Gasteiger partial charge on any atom is -0.384 e. The summed E-state index contributed by atoms with van der Waals surface area (Å²) in [5, 5.41) is 0. The fourth-order valence-corrected chi connectivity index (χ4v) is 2.10. The van der Waals surface area contributed by atoms with Crippen molar-refractivity contribution >= 4 is 5.82 Å². The van der Waals surface area contributed by atoms with Gasteiger partial charge in [0.25, 0.3) is 0 Å². The number of hydrogen-bond acceptors (Lipinski definition) is 5. The number of anilines is 1. The topological polar surface area (TPSA) is 58.3 Å². The molecular formula is C11H19N5. The summed E-state index contributed by atoms with van der Waals surface area (Å²) in [5.74, 6) is 1.38. The summed E-state index contributed by atoms with van der Waals surface area (Å²) in [5.41, 5.74) is 5.70. The molecule has 1 unspecified atom stereocenters. The monoisotopic (exact) mass is 221 g/mol. The lowest BCUT2D eigenvalue weighted by molar-refractivity contribution is 0.220. The minimum absolute atomic E-state index is 0.246. The Hall–Kier alpha value is -1.20. The molecule has 0 aromatic carbocycles. The van der Waals surface area contributed by atoms with Crippen LogP contribution in [0.3, 0.4) is 0 Å². The highest BCUT2D eigenvalue weighted by molar-refractivity contribution is 5.25. The summed E-state index contributed by atoms with van der Waals surface area (Å²) in [7, 11) is 4.26. The predicted octanol–water partition coefficient (Wildman–Crippen LogP) is 0.367. The zero-order chi connectivity index (χ0) is 11.5. The molecule has 0 saturated carbocycles. The third kappa shape index (κ3) is 2.48. The summed E-state index contributed by atoms with van der Waals surface area (Å²) in [6, 6.07) is 1.97. The quantitative estimate of drug-likeness (QED) is 0.742. The van der Waals surface area contributed by atoms with Crippen molar-refractivity contribution in [1.82, 2.24) is 19.8 Å². The first-order valence-corrected chi connectivity index (χ1v) is 5.64. The fraction of sp³-hybridized carbons (Fsp3) is 0.636. The molecule has 0 aliphatic carbocycles. The van der Waals surface area contributed by atoms with E-state index in [1.165, 1.54) is 6.42 Å². The summed E-state index contributed by atoms with van der Waals surface area (Å²) >= 11 is 0. The van der Waals surface area contributed by atoms with Crippen molar-refractivity contribution in [2.24, 2.45) is 0 Å². The van der Waals surface area contributed by atoms with Crippen LogP contribution in [0.5, 0.6) is 0 Å². The van der Waals surface area contributed by atoms with Crippen LogP contribution < -0.4 is 5.73 Å². The van der Waals surface area contributed by atoms with Crippen molar-refractivity contribution in [2.75, 3.05) is 39.5 Å². The Labute approximate surface area is 96.3 Å². The van der Waals surface area contributed by atoms with Gasteiger partial charge in [-0.15, -0.1) is 0 Å². The zero-order valence-corrected chi connectivity index (χ0v) is 9.93. The van der Waals surface area contributed by atoms with Crippen molar-refractivity contribution in [3.8, 4) is 0 Å². The maximum absolute atomic E-state index is 5.70. The van der Waals surface area contributed by atoms with Gasteiger partial charge in [0, 0.05) is 12.7 Å². The molecule has 0 bridgehead atoms. The number of nitrogen functional groups attached to an aromatic ring is 1. The van der Waals surface area contributed by atoms with Crippen LogP contribution in [0, 0.1) is 0 Å². The van der Waals surface area contributed by atoms with Crippen molar-refractivity contribution in [3.63, 3.8) is 0 Å². The van der Waals surface area contributed by atoms with Gasteiger partial charge in [-0.05, 0) is 39.7 Å². The Bertz CT molecular complexity index is 354. The van der Waals surface area contributed by atoms with Crippen molar-refractivity contribution < 1.29 is 0 Å². The maximum Gasteiger partial charge on any atom is 0.149 e. The Balaban J connectivity index is 2.22. The van der Waals surface area contributed by atoms with Crippen LogP contribution in [0.4, 0.5) is 5.82 Å². The van der Waals surface area contributed by atoms with Crippen molar-refractivity contribution in [2.45, 2.75) is 12.5 Å². The number of rotatable bonds is 1. The van der Waals surface area contributed by atoms with Crippen LogP contribution in [0.15, 0.2) is 12.3 Å². The molecule has 1 fully saturated rings. The van der Waals surface area contributed by atoms with E-state index in [0.717, 1.165) is 25.5 Å². The van der Waals surface area contributed by atoms with Gasteiger partial charge in [0.05, 0.1) is 6.04 Å². The average Bonchev–Trinajstić information content (AvgIpc) is 2.41. The Morgan fingerprint density at radius 1 is 1.38 bits per heavy atom. The molecule has 1 saturated heterocycles. The van der Waals surface area contributed by atoms with Crippen LogP contribution in [-0.2, 0) is 0 Å². The smallest absolute Gasteiger partial charge is 0.149 e. The van der Waals surface area contributed by atoms with Crippen LogP contribution in [0.25, 0.3) is 0 Å². The molecule has 2 rings (SSSR count). The molecule has 1 aliphatic rings. The minimum atomic E-state index is 0.246. The van der Waals surface area contributed by atoms with E-state index in [9.17, 15) is 0 Å². The van der Waals surface area contributed by atoms with Crippen molar-refractivity contribution in [3.05, 3.63) is 18.1 Å². The first kappa shape index (κ1) is 11.3. The molecule has 16 heavy (non-hydrogen) atoms. The molecule has 1 aromatic rings. The Kier molecular flexibility index (Phi) is 3.36.